The molecule has 7 aromatic rings. The number of esters is 2. The first-order valence-electron chi connectivity index (χ1n) is 23.1. The molecule has 0 aliphatic carbocycles. The fourth-order valence-corrected chi connectivity index (χ4v) is 12.4. The van der Waals surface area contributed by atoms with E-state index in [0.29, 0.717) is 28.0 Å². The number of carbonyl (C=O) groups excluding carboxylic acids is 4. The van der Waals surface area contributed by atoms with E-state index in [1.807, 2.05) is 97.1 Å². The molecular formula is C54H51N7O8S4. The van der Waals surface area contributed by atoms with Gasteiger partial charge >= 0.3 is 11.9 Å². The quantitative estimate of drug-likeness (QED) is 0.0207. The minimum absolute atomic E-state index is 0.0508. The summed E-state index contributed by atoms with van der Waals surface area (Å²) in [5.74, 6) is -1.35. The number of ether oxygens (including phenoxy) is 3. The zero-order valence-electron chi connectivity index (χ0n) is 40.7. The number of rotatable bonds is 18. The van der Waals surface area contributed by atoms with Crippen LogP contribution in [-0.2, 0) is 45.6 Å². The number of oxime groups is 1. The summed E-state index contributed by atoms with van der Waals surface area (Å²) in [7, 11) is 1.57. The number of benzene rings is 4. The maximum absolute atomic E-state index is 14.8. The first-order chi connectivity index (χ1) is 35.1. The molecule has 1 saturated heterocycles. The van der Waals surface area contributed by atoms with Gasteiger partial charge in [0.25, 0.3) is 11.8 Å². The zero-order chi connectivity index (χ0) is 51.3. The Kier molecular flexibility index (Phi) is 15.0. The van der Waals surface area contributed by atoms with Crippen LogP contribution in [0.15, 0.2) is 160 Å². The smallest absolute Gasteiger partial charge is 0.355 e. The Bertz CT molecular complexity index is 3070. The molecule has 2 aliphatic heterocycles. The van der Waals surface area contributed by atoms with Gasteiger partial charge in [-0.05, 0) is 80.6 Å². The number of anilines is 1. The van der Waals surface area contributed by atoms with Crippen molar-refractivity contribution in [3.8, 4) is 5.75 Å². The summed E-state index contributed by atoms with van der Waals surface area (Å²) in [5, 5.41) is 12.3. The van der Waals surface area contributed by atoms with Crippen molar-refractivity contribution in [2.45, 2.75) is 73.7 Å². The minimum Gasteiger partial charge on any atom is -0.497 e. The van der Waals surface area contributed by atoms with Crippen LogP contribution in [0.1, 0.15) is 62.6 Å². The van der Waals surface area contributed by atoms with Crippen molar-refractivity contribution < 1.29 is 38.2 Å². The Morgan fingerprint density at radius 3 is 2.10 bits per heavy atom. The molecule has 4 aromatic carbocycles. The third kappa shape index (κ3) is 11.1. The molecule has 1 fully saturated rings. The van der Waals surface area contributed by atoms with Gasteiger partial charge < -0.3 is 29.7 Å². The van der Waals surface area contributed by atoms with Gasteiger partial charge in [0.15, 0.2) is 15.2 Å². The highest BCUT2D eigenvalue weighted by molar-refractivity contribution is 8.02. The summed E-state index contributed by atoms with van der Waals surface area (Å²) in [4.78, 5) is 77.9. The molecule has 374 valence electrons. The second-order valence-corrected chi connectivity index (χ2v) is 22.6. The molecule has 2 aliphatic rings. The van der Waals surface area contributed by atoms with Crippen LogP contribution in [0.2, 0.25) is 0 Å². The van der Waals surface area contributed by atoms with Gasteiger partial charge in [-0.1, -0.05) is 120 Å². The lowest BCUT2D eigenvalue weighted by Crippen LogP contribution is -2.71. The Balaban J connectivity index is 1.02. The van der Waals surface area contributed by atoms with Crippen molar-refractivity contribution >= 4 is 91.0 Å². The van der Waals surface area contributed by atoms with Gasteiger partial charge in [-0.25, -0.2) is 19.6 Å². The molecule has 73 heavy (non-hydrogen) atoms. The topological polar surface area (TPSA) is 184 Å². The lowest BCUT2D eigenvalue weighted by molar-refractivity contribution is -0.179. The predicted octanol–water partition coefficient (Wildman–Crippen LogP) is 9.59. The van der Waals surface area contributed by atoms with E-state index in [0.717, 1.165) is 36.8 Å². The highest BCUT2D eigenvalue weighted by atomic mass is 32.2. The molecule has 15 nitrogen and oxygen atoms in total. The molecule has 3 aromatic heterocycles. The highest BCUT2D eigenvalue weighted by Gasteiger charge is 2.55. The summed E-state index contributed by atoms with van der Waals surface area (Å²) in [6.07, 6.45) is 3.42. The first-order valence-corrected chi connectivity index (χ1v) is 26.9. The largest absolute Gasteiger partial charge is 0.497 e. The van der Waals surface area contributed by atoms with Crippen molar-refractivity contribution in [1.82, 2.24) is 25.2 Å². The van der Waals surface area contributed by atoms with Gasteiger partial charge in [-0.2, -0.15) is 0 Å². The standard InChI is InChI=1S/C54H51N7O8S4/c1-52(2,3)68-49(65)53(4,5)69-60-42(40-32-71-50(56-40)59-54(35-16-10-7-11-17-35,36-18-12-8-13-19-36)37-20-14-9-15-21-37)45(62)58-43-46(63)61-44(48(64)67-29-33-22-24-38(66-6)25-23-33)34(30-70-47(43)61)31-72-51-57-39-28-55-27-26-41(39)73-51/h7-28,32,43,47H,29-31H2,1-6H3,(H,56,59)(H,58,62)/b60-42-/t43?,47-/m0/s1. The number of hydrogen-bond donors (Lipinski definition) is 2. The number of β-lactam (4-membered cyclic amide) rings is 1. The number of fused-ring (bicyclic) bond motifs is 2. The van der Waals surface area contributed by atoms with E-state index in [2.05, 4.69) is 20.8 Å². The number of hydrogen-bond acceptors (Lipinski definition) is 17. The molecule has 19 heteroatoms. The molecule has 0 radical (unpaired) electrons. The molecule has 1 unspecified atom stereocenters. The Morgan fingerprint density at radius 2 is 1.49 bits per heavy atom. The van der Waals surface area contributed by atoms with E-state index < -0.39 is 51.9 Å². The van der Waals surface area contributed by atoms with Crippen molar-refractivity contribution in [3.05, 3.63) is 178 Å². The van der Waals surface area contributed by atoms with Gasteiger partial charge in [-0.15, -0.1) is 34.4 Å². The zero-order valence-corrected chi connectivity index (χ0v) is 44.0. The fraction of sp³-hybridized carbons (Fsp3) is 0.259. The fourth-order valence-electron chi connectivity index (χ4n) is 8.08. The van der Waals surface area contributed by atoms with Crippen LogP contribution < -0.4 is 15.4 Å². The molecular weight excluding hydrogens is 1000 g/mol. The van der Waals surface area contributed by atoms with Crippen LogP contribution in [0.5, 0.6) is 5.75 Å². The summed E-state index contributed by atoms with van der Waals surface area (Å²) in [6, 6.07) is 37.9. The van der Waals surface area contributed by atoms with E-state index in [1.165, 1.54) is 64.9 Å². The molecule has 0 bridgehead atoms. The molecule has 0 spiro atoms. The predicted molar refractivity (Wildman–Crippen MR) is 285 cm³/mol. The number of thioether (sulfide) groups is 2. The molecule has 2 amide bonds. The Labute approximate surface area is 438 Å². The maximum Gasteiger partial charge on any atom is 0.355 e. The second-order valence-electron chi connectivity index (χ2n) is 18.4. The summed E-state index contributed by atoms with van der Waals surface area (Å²) in [5.41, 5.74) is 1.48. The van der Waals surface area contributed by atoms with Gasteiger partial charge in [0.05, 0.1) is 18.0 Å². The first kappa shape index (κ1) is 50.9. The maximum atomic E-state index is 14.8. The van der Waals surface area contributed by atoms with Crippen molar-refractivity contribution in [1.29, 1.82) is 0 Å². The van der Waals surface area contributed by atoms with Gasteiger partial charge in [0, 0.05) is 23.1 Å². The Morgan fingerprint density at radius 1 is 0.849 bits per heavy atom. The molecule has 5 heterocycles. The third-order valence-corrected chi connectivity index (χ3v) is 16.1. The summed E-state index contributed by atoms with van der Waals surface area (Å²) < 4.78 is 18.6. The van der Waals surface area contributed by atoms with Crippen molar-refractivity contribution in [2.75, 3.05) is 23.9 Å². The number of nitrogens with one attached hydrogen (secondary N) is 2. The van der Waals surface area contributed by atoms with Gasteiger partial charge in [0.2, 0.25) is 5.60 Å². The molecule has 9 rings (SSSR count). The minimum atomic E-state index is -1.65. The third-order valence-electron chi connectivity index (χ3n) is 11.7. The van der Waals surface area contributed by atoms with Crippen LogP contribution >= 0.6 is 46.2 Å². The summed E-state index contributed by atoms with van der Waals surface area (Å²) >= 11 is 5.61. The number of nitrogens with zero attached hydrogens (tertiary/aromatic N) is 5. The van der Waals surface area contributed by atoms with Crippen LogP contribution in [0.25, 0.3) is 10.2 Å². The highest BCUT2D eigenvalue weighted by Crippen LogP contribution is 2.44. The number of carbonyl (C=O) groups is 4. The van der Waals surface area contributed by atoms with E-state index in [4.69, 9.17) is 29.0 Å². The normalized spacial score (nSPS) is 16.1. The van der Waals surface area contributed by atoms with Crippen LogP contribution in [-0.4, -0.2) is 90.5 Å². The summed E-state index contributed by atoms with van der Waals surface area (Å²) in [6.45, 7) is 8.13. The number of aromatic nitrogens is 3. The Hall–Kier alpha value is -7.06. The van der Waals surface area contributed by atoms with Crippen molar-refractivity contribution in [2.24, 2.45) is 5.16 Å². The molecule has 0 saturated carbocycles. The van der Waals surface area contributed by atoms with E-state index >= 15 is 0 Å². The average Bonchev–Trinajstić information content (AvgIpc) is 4.05. The number of pyridine rings is 1. The lowest BCUT2D eigenvalue weighted by Gasteiger charge is -2.49. The monoisotopic (exact) mass is 1050 g/mol. The number of thiazole rings is 2. The van der Waals surface area contributed by atoms with E-state index in [9.17, 15) is 19.2 Å². The van der Waals surface area contributed by atoms with Crippen LogP contribution in [0.4, 0.5) is 5.13 Å². The van der Waals surface area contributed by atoms with Crippen LogP contribution in [0, 0.1) is 0 Å². The number of methoxy groups -OCH3 is 1. The average molecular weight is 1050 g/mol. The van der Waals surface area contributed by atoms with E-state index in [-0.39, 0.29) is 23.7 Å². The molecule has 2 N–H and O–H groups in total. The lowest BCUT2D eigenvalue weighted by atomic mass is 9.77. The van der Waals surface area contributed by atoms with E-state index in [1.54, 1.807) is 69.9 Å². The van der Waals surface area contributed by atoms with Gasteiger partial charge in [0.1, 0.15) is 51.8 Å². The molecule has 2 atom stereocenters. The SMILES string of the molecule is COc1ccc(COC(=O)C2=C(CSc3nc4cnccc4s3)CS[C@H]3C(NC(=O)/C(=N\OC(C)(C)C(=O)OC(C)(C)C)c4csc(NC(c5ccccc5)(c5ccccc5)c5ccccc5)n4)C(=O)N23)cc1. The second kappa shape index (κ2) is 21.6. The van der Waals surface area contributed by atoms with Gasteiger partial charge in [-0.3, -0.25) is 19.5 Å². The van der Waals surface area contributed by atoms with Crippen LogP contribution in [0.3, 0.4) is 0 Å². The number of amides is 2. The van der Waals surface area contributed by atoms with Crippen molar-refractivity contribution in [3.63, 3.8) is 0 Å².